The van der Waals surface area contributed by atoms with Crippen LogP contribution in [-0.4, -0.2) is 47.0 Å². The first kappa shape index (κ1) is 24.9. The van der Waals surface area contributed by atoms with Crippen LogP contribution >= 0.6 is 23.2 Å². The van der Waals surface area contributed by atoms with Crippen LogP contribution < -0.4 is 9.47 Å². The van der Waals surface area contributed by atoms with Crippen molar-refractivity contribution in [3.8, 4) is 11.5 Å². The molecule has 1 amide bonds. The Kier molecular flexibility index (Phi) is 7.01. The van der Waals surface area contributed by atoms with Gasteiger partial charge in [-0.25, -0.2) is 0 Å². The Labute approximate surface area is 213 Å². The van der Waals surface area contributed by atoms with Crippen molar-refractivity contribution in [3.05, 3.63) is 63.3 Å². The molecule has 7 nitrogen and oxygen atoms in total. The summed E-state index contributed by atoms with van der Waals surface area (Å²) in [6.45, 7) is 2.38. The van der Waals surface area contributed by atoms with Gasteiger partial charge in [0, 0.05) is 36.3 Å². The number of likely N-dealkylation sites (tertiary alicyclic amines) is 1. The van der Waals surface area contributed by atoms with E-state index in [0.717, 1.165) is 22.9 Å². The molecule has 2 heterocycles. The van der Waals surface area contributed by atoms with Crippen LogP contribution in [0.15, 0.2) is 42.1 Å². The fraction of sp³-hybridized carbons (Fsp3) is 0.308. The SMILES string of the molecule is CCCCN1C(=O)C(=O)/C(=C(/O)c2cc(Cl)c(OC)c(Cl)c2OC)C1c1cn(C)c2ccccc12. The second-order valence-electron chi connectivity index (χ2n) is 8.34. The molecule has 2 aromatic carbocycles. The van der Waals surface area contributed by atoms with Gasteiger partial charge in [-0.05, 0) is 18.6 Å². The van der Waals surface area contributed by atoms with Gasteiger partial charge in [-0.2, -0.15) is 0 Å². The summed E-state index contributed by atoms with van der Waals surface area (Å²) in [6, 6.07) is 8.34. The molecule has 0 saturated carbocycles. The Bertz CT molecular complexity index is 1360. The first-order valence-electron chi connectivity index (χ1n) is 11.2. The van der Waals surface area contributed by atoms with Gasteiger partial charge in [-0.15, -0.1) is 0 Å². The van der Waals surface area contributed by atoms with Crippen LogP contribution in [0.25, 0.3) is 16.7 Å². The van der Waals surface area contributed by atoms with Gasteiger partial charge < -0.3 is 24.0 Å². The number of benzene rings is 2. The maximum atomic E-state index is 13.4. The van der Waals surface area contributed by atoms with Crippen molar-refractivity contribution in [3.63, 3.8) is 0 Å². The number of aliphatic hydroxyl groups is 1. The summed E-state index contributed by atoms with van der Waals surface area (Å²) in [4.78, 5) is 28.1. The molecule has 1 aliphatic rings. The summed E-state index contributed by atoms with van der Waals surface area (Å²) in [5.41, 5.74) is 1.74. The lowest BCUT2D eigenvalue weighted by Crippen LogP contribution is -2.30. The van der Waals surface area contributed by atoms with Gasteiger partial charge in [0.05, 0.1) is 36.4 Å². The second-order valence-corrected chi connectivity index (χ2v) is 9.13. The average Bonchev–Trinajstić information content (AvgIpc) is 3.30. The monoisotopic (exact) mass is 516 g/mol. The molecule has 1 unspecified atom stereocenters. The van der Waals surface area contributed by atoms with Gasteiger partial charge in [0.15, 0.2) is 11.5 Å². The van der Waals surface area contributed by atoms with Crippen molar-refractivity contribution in [1.82, 2.24) is 9.47 Å². The van der Waals surface area contributed by atoms with Crippen molar-refractivity contribution in [2.45, 2.75) is 25.8 Å². The number of carbonyl (C=O) groups excluding carboxylic acids is 2. The third kappa shape index (κ3) is 4.02. The first-order valence-corrected chi connectivity index (χ1v) is 11.9. The fourth-order valence-electron chi connectivity index (χ4n) is 4.65. The number of carbonyl (C=O) groups is 2. The Hall–Kier alpha value is -3.16. The summed E-state index contributed by atoms with van der Waals surface area (Å²) in [5, 5.41) is 12.6. The van der Waals surface area contributed by atoms with Crippen LogP contribution in [0.3, 0.4) is 0 Å². The Balaban J connectivity index is 2.02. The van der Waals surface area contributed by atoms with E-state index in [0.29, 0.717) is 13.0 Å². The second kappa shape index (κ2) is 9.84. The van der Waals surface area contributed by atoms with Crippen molar-refractivity contribution in [2.24, 2.45) is 7.05 Å². The maximum absolute atomic E-state index is 13.4. The third-order valence-corrected chi connectivity index (χ3v) is 6.93. The number of aryl methyl sites for hydroxylation is 1. The molecule has 0 bridgehead atoms. The van der Waals surface area contributed by atoms with Crippen LogP contribution in [0.5, 0.6) is 11.5 Å². The van der Waals surface area contributed by atoms with E-state index in [1.807, 2.05) is 49.0 Å². The average molecular weight is 517 g/mol. The Morgan fingerprint density at radius 1 is 1.11 bits per heavy atom. The van der Waals surface area contributed by atoms with Crippen LogP contribution in [0, 0.1) is 0 Å². The molecule has 1 aromatic heterocycles. The predicted molar refractivity (Wildman–Crippen MR) is 136 cm³/mol. The van der Waals surface area contributed by atoms with Gasteiger partial charge in [0.25, 0.3) is 11.7 Å². The normalized spacial score (nSPS) is 17.4. The zero-order valence-electron chi connectivity index (χ0n) is 19.9. The van der Waals surface area contributed by atoms with Crippen LogP contribution in [0.4, 0.5) is 0 Å². The number of rotatable bonds is 7. The van der Waals surface area contributed by atoms with Crippen LogP contribution in [0.1, 0.15) is 36.9 Å². The molecule has 184 valence electrons. The number of ether oxygens (including phenoxy) is 2. The highest BCUT2D eigenvalue weighted by molar-refractivity contribution is 6.47. The number of hydrogen-bond donors (Lipinski definition) is 1. The van der Waals surface area contributed by atoms with Crippen molar-refractivity contribution < 1.29 is 24.2 Å². The molecule has 0 aliphatic carbocycles. The molecule has 1 atom stereocenters. The number of unbranched alkanes of at least 4 members (excludes halogenated alkanes) is 1. The number of aromatic nitrogens is 1. The molecule has 1 aliphatic heterocycles. The van der Waals surface area contributed by atoms with Gasteiger partial charge in [0.2, 0.25) is 0 Å². The highest BCUT2D eigenvalue weighted by atomic mass is 35.5. The van der Waals surface area contributed by atoms with E-state index in [-0.39, 0.29) is 32.7 Å². The lowest BCUT2D eigenvalue weighted by Gasteiger charge is -2.25. The zero-order chi connectivity index (χ0) is 25.4. The number of hydrogen-bond acceptors (Lipinski definition) is 5. The van der Waals surface area contributed by atoms with E-state index < -0.39 is 23.5 Å². The van der Waals surface area contributed by atoms with Crippen molar-refractivity contribution in [1.29, 1.82) is 0 Å². The van der Waals surface area contributed by atoms with Gasteiger partial charge in [-0.3, -0.25) is 9.59 Å². The topological polar surface area (TPSA) is 81.0 Å². The zero-order valence-corrected chi connectivity index (χ0v) is 21.4. The minimum atomic E-state index is -0.794. The lowest BCUT2D eigenvalue weighted by molar-refractivity contribution is -0.139. The standard InChI is InChI=1S/C26H26Cl2N2O5/c1-5-6-11-30-21(16-13-29(2)18-10-8-7-9-14(16)18)19(23(32)26(30)33)22(31)15-12-17(27)25(35-4)20(28)24(15)34-3/h7-10,12-13,21,31H,5-6,11H2,1-4H3/b22-19+. The lowest BCUT2D eigenvalue weighted by atomic mass is 9.94. The molecular weight excluding hydrogens is 491 g/mol. The summed E-state index contributed by atoms with van der Waals surface area (Å²) in [5.74, 6) is -1.59. The van der Waals surface area contributed by atoms with E-state index in [1.54, 1.807) is 0 Å². The van der Waals surface area contributed by atoms with E-state index in [1.165, 1.54) is 25.2 Å². The fourth-order valence-corrected chi connectivity index (χ4v) is 5.33. The molecule has 0 spiro atoms. The third-order valence-electron chi connectivity index (χ3n) is 6.31. The molecule has 9 heteroatoms. The minimum Gasteiger partial charge on any atom is -0.507 e. The number of methoxy groups -OCH3 is 2. The number of nitrogens with zero attached hydrogens (tertiary/aromatic N) is 2. The number of para-hydroxylation sites is 1. The smallest absolute Gasteiger partial charge is 0.295 e. The van der Waals surface area contributed by atoms with Gasteiger partial charge in [0.1, 0.15) is 10.8 Å². The molecule has 4 rings (SSSR count). The molecule has 1 N–H and O–H groups in total. The van der Waals surface area contributed by atoms with Crippen LogP contribution in [0.2, 0.25) is 10.0 Å². The van der Waals surface area contributed by atoms with E-state index in [2.05, 4.69) is 0 Å². The number of fused-ring (bicyclic) bond motifs is 1. The van der Waals surface area contributed by atoms with E-state index >= 15 is 0 Å². The van der Waals surface area contributed by atoms with Gasteiger partial charge >= 0.3 is 0 Å². The van der Waals surface area contributed by atoms with E-state index in [4.69, 9.17) is 32.7 Å². The highest BCUT2D eigenvalue weighted by Crippen LogP contribution is 2.48. The number of amides is 1. The summed E-state index contributed by atoms with van der Waals surface area (Å²) >= 11 is 12.8. The largest absolute Gasteiger partial charge is 0.507 e. The highest BCUT2D eigenvalue weighted by Gasteiger charge is 2.47. The maximum Gasteiger partial charge on any atom is 0.295 e. The summed E-state index contributed by atoms with van der Waals surface area (Å²) in [6.07, 6.45) is 3.43. The van der Waals surface area contributed by atoms with E-state index in [9.17, 15) is 14.7 Å². The first-order chi connectivity index (χ1) is 16.8. The number of halogens is 2. The molecule has 1 saturated heterocycles. The quantitative estimate of drug-likeness (QED) is 0.246. The minimum absolute atomic E-state index is 0.0435. The molecular formula is C26H26Cl2N2O5. The number of ketones is 1. The molecule has 1 fully saturated rings. The number of aliphatic hydroxyl groups excluding tert-OH is 1. The molecule has 3 aromatic rings. The Morgan fingerprint density at radius 2 is 1.80 bits per heavy atom. The summed E-state index contributed by atoms with van der Waals surface area (Å²) in [7, 11) is 4.69. The Morgan fingerprint density at radius 3 is 2.46 bits per heavy atom. The van der Waals surface area contributed by atoms with Crippen molar-refractivity contribution >= 4 is 51.6 Å². The van der Waals surface area contributed by atoms with Crippen LogP contribution in [-0.2, 0) is 16.6 Å². The molecule has 0 radical (unpaired) electrons. The predicted octanol–water partition coefficient (Wildman–Crippen LogP) is 5.72. The number of Topliss-reactive ketones (excluding diaryl/α,β-unsaturated/α-hetero) is 1. The van der Waals surface area contributed by atoms with Crippen molar-refractivity contribution in [2.75, 3.05) is 20.8 Å². The summed E-state index contributed by atoms with van der Waals surface area (Å²) < 4.78 is 12.6. The van der Waals surface area contributed by atoms with Gasteiger partial charge in [-0.1, -0.05) is 54.7 Å². The molecule has 35 heavy (non-hydrogen) atoms.